The second kappa shape index (κ2) is 5.28. The van der Waals surface area contributed by atoms with Crippen molar-refractivity contribution < 1.29 is 9.21 Å². The monoisotopic (exact) mass is 285 g/mol. The Morgan fingerprint density at radius 3 is 2.95 bits per heavy atom. The van der Waals surface area contributed by atoms with Gasteiger partial charge in [0.15, 0.2) is 5.76 Å². The number of hydrogen-bond donors (Lipinski definition) is 2. The Balaban J connectivity index is 1.72. The van der Waals surface area contributed by atoms with Crippen molar-refractivity contribution in [1.29, 1.82) is 0 Å². The maximum atomic E-state index is 12.2. The fourth-order valence-corrected chi connectivity index (χ4v) is 2.05. The molecule has 7 nitrogen and oxygen atoms in total. The van der Waals surface area contributed by atoms with Crippen molar-refractivity contribution in [3.05, 3.63) is 53.5 Å². The summed E-state index contributed by atoms with van der Waals surface area (Å²) in [5.41, 5.74) is 2.23. The fourth-order valence-electron chi connectivity index (χ4n) is 2.05. The van der Waals surface area contributed by atoms with Gasteiger partial charge in [-0.05, 0) is 32.0 Å². The van der Waals surface area contributed by atoms with Gasteiger partial charge in [0.2, 0.25) is 0 Å². The first-order chi connectivity index (χ1) is 10.1. The highest BCUT2D eigenvalue weighted by atomic mass is 16.4. The van der Waals surface area contributed by atoms with Gasteiger partial charge in [-0.2, -0.15) is 10.2 Å². The van der Waals surface area contributed by atoms with Gasteiger partial charge in [0, 0.05) is 12.4 Å². The molecule has 0 fully saturated rings. The number of rotatable bonds is 4. The van der Waals surface area contributed by atoms with Gasteiger partial charge >= 0.3 is 0 Å². The van der Waals surface area contributed by atoms with Crippen LogP contribution >= 0.6 is 0 Å². The molecule has 0 saturated carbocycles. The first-order valence-corrected chi connectivity index (χ1v) is 6.52. The summed E-state index contributed by atoms with van der Waals surface area (Å²) < 4.78 is 7.27. The number of aromatic nitrogens is 4. The van der Waals surface area contributed by atoms with Gasteiger partial charge in [-0.25, -0.2) is 0 Å². The highest BCUT2D eigenvalue weighted by molar-refractivity contribution is 6.02. The number of H-pyrrole nitrogens is 1. The Labute approximate surface area is 121 Å². The average Bonchev–Trinajstić information content (AvgIpc) is 3.18. The number of aryl methyl sites for hydroxylation is 2. The quantitative estimate of drug-likeness (QED) is 0.768. The minimum atomic E-state index is -0.297. The van der Waals surface area contributed by atoms with Crippen LogP contribution in [0, 0.1) is 13.8 Å². The number of furan rings is 1. The third-order valence-corrected chi connectivity index (χ3v) is 3.13. The highest BCUT2D eigenvalue weighted by Gasteiger charge is 2.15. The summed E-state index contributed by atoms with van der Waals surface area (Å²) in [6.45, 7) is 4.16. The van der Waals surface area contributed by atoms with Crippen molar-refractivity contribution in [2.24, 2.45) is 0 Å². The molecule has 0 radical (unpaired) electrons. The minimum Gasteiger partial charge on any atom is -0.454 e. The number of hydrogen-bond acceptors (Lipinski definition) is 4. The summed E-state index contributed by atoms with van der Waals surface area (Å²) in [5, 5.41) is 13.7. The Bertz CT molecular complexity index is 735. The summed E-state index contributed by atoms with van der Waals surface area (Å²) in [7, 11) is 0. The molecule has 0 bridgehead atoms. The number of amides is 1. The van der Waals surface area contributed by atoms with E-state index in [9.17, 15) is 4.79 Å². The van der Waals surface area contributed by atoms with Gasteiger partial charge < -0.3 is 9.73 Å². The van der Waals surface area contributed by atoms with Gasteiger partial charge in [-0.1, -0.05) is 0 Å². The van der Waals surface area contributed by atoms with Gasteiger partial charge in [-0.15, -0.1) is 0 Å². The first kappa shape index (κ1) is 13.2. The Morgan fingerprint density at radius 2 is 2.29 bits per heavy atom. The molecule has 0 saturated heterocycles. The first-order valence-electron chi connectivity index (χ1n) is 6.52. The molecule has 21 heavy (non-hydrogen) atoms. The summed E-state index contributed by atoms with van der Waals surface area (Å²) in [6.07, 6.45) is 3.53. The maximum absolute atomic E-state index is 12.2. The van der Waals surface area contributed by atoms with E-state index in [4.69, 9.17) is 4.42 Å². The molecule has 2 N–H and O–H groups in total. The fraction of sp³-hybridized carbons (Fsp3) is 0.214. The van der Waals surface area contributed by atoms with Gasteiger partial charge in [-0.3, -0.25) is 14.6 Å². The van der Waals surface area contributed by atoms with Crippen LogP contribution in [0.5, 0.6) is 0 Å². The number of carbonyl (C=O) groups excluding carboxylic acids is 1. The number of nitrogens with zero attached hydrogens (tertiary/aromatic N) is 3. The lowest BCUT2D eigenvalue weighted by Crippen LogP contribution is -2.12. The molecule has 0 spiro atoms. The van der Waals surface area contributed by atoms with Crippen molar-refractivity contribution in [2.45, 2.75) is 20.4 Å². The zero-order chi connectivity index (χ0) is 14.8. The summed E-state index contributed by atoms with van der Waals surface area (Å²) in [6, 6.07) is 5.26. The van der Waals surface area contributed by atoms with Gasteiger partial charge in [0.25, 0.3) is 5.91 Å². The highest BCUT2D eigenvalue weighted by Crippen LogP contribution is 2.18. The lowest BCUT2D eigenvalue weighted by molar-refractivity contribution is 0.0994. The van der Waals surface area contributed by atoms with Gasteiger partial charge in [0.05, 0.1) is 23.6 Å². The summed E-state index contributed by atoms with van der Waals surface area (Å²) >= 11 is 0. The van der Waals surface area contributed by atoms with Crippen molar-refractivity contribution in [3.8, 4) is 0 Å². The molecule has 0 aliphatic rings. The third kappa shape index (κ3) is 2.71. The van der Waals surface area contributed by atoms with Crippen LogP contribution in [-0.2, 0) is 6.54 Å². The van der Waals surface area contributed by atoms with E-state index in [2.05, 4.69) is 20.6 Å². The normalized spacial score (nSPS) is 10.8. The van der Waals surface area contributed by atoms with Crippen molar-refractivity contribution in [1.82, 2.24) is 20.0 Å². The molecular weight excluding hydrogens is 270 g/mol. The summed E-state index contributed by atoms with van der Waals surface area (Å²) in [5.74, 6) is 0.635. The molecule has 0 unspecified atom stereocenters. The minimum absolute atomic E-state index is 0.261. The zero-order valence-electron chi connectivity index (χ0n) is 11.8. The number of anilines is 1. The van der Waals surface area contributed by atoms with E-state index in [0.29, 0.717) is 18.0 Å². The molecule has 108 valence electrons. The van der Waals surface area contributed by atoms with E-state index in [1.54, 1.807) is 23.0 Å². The van der Waals surface area contributed by atoms with Crippen LogP contribution in [0.15, 0.2) is 35.0 Å². The topological polar surface area (TPSA) is 88.7 Å². The second-order valence-corrected chi connectivity index (χ2v) is 4.73. The molecule has 3 aromatic heterocycles. The van der Waals surface area contributed by atoms with E-state index >= 15 is 0 Å². The molecule has 3 aromatic rings. The Hall–Kier alpha value is -2.83. The van der Waals surface area contributed by atoms with Gasteiger partial charge in [0.1, 0.15) is 5.76 Å². The predicted octanol–water partition coefficient (Wildman–Crippen LogP) is 2.12. The van der Waals surface area contributed by atoms with E-state index < -0.39 is 0 Å². The molecule has 7 heteroatoms. The molecule has 0 aliphatic heterocycles. The van der Waals surface area contributed by atoms with E-state index in [1.807, 2.05) is 26.1 Å². The van der Waals surface area contributed by atoms with Crippen LogP contribution in [-0.4, -0.2) is 25.9 Å². The lowest BCUT2D eigenvalue weighted by Gasteiger charge is -2.03. The summed E-state index contributed by atoms with van der Waals surface area (Å²) in [4.78, 5) is 12.2. The van der Waals surface area contributed by atoms with Crippen LogP contribution in [0.3, 0.4) is 0 Å². The largest absolute Gasteiger partial charge is 0.454 e. The second-order valence-electron chi connectivity index (χ2n) is 4.73. The Morgan fingerprint density at radius 1 is 1.43 bits per heavy atom. The molecular formula is C14H15N5O2. The van der Waals surface area contributed by atoms with Crippen LogP contribution < -0.4 is 5.32 Å². The average molecular weight is 285 g/mol. The number of carbonyl (C=O) groups is 1. The molecule has 0 atom stereocenters. The Kier molecular flexibility index (Phi) is 3.31. The predicted molar refractivity (Wildman–Crippen MR) is 76.1 cm³/mol. The van der Waals surface area contributed by atoms with Crippen molar-refractivity contribution in [2.75, 3.05) is 5.32 Å². The lowest BCUT2D eigenvalue weighted by atomic mass is 10.3. The SMILES string of the molecule is Cc1n[nH]c(C)c1NC(=O)c1ccc(Cn2cccn2)o1. The van der Waals surface area contributed by atoms with Crippen LogP contribution in [0.1, 0.15) is 27.7 Å². The van der Waals surface area contributed by atoms with Crippen LogP contribution in [0.4, 0.5) is 5.69 Å². The standard InChI is InChI=1S/C14H15N5O2/c1-9-13(10(2)18-17-9)16-14(20)12-5-4-11(21-12)8-19-7-3-6-15-19/h3-7H,8H2,1-2H3,(H,16,20)(H,17,18). The number of nitrogens with one attached hydrogen (secondary N) is 2. The van der Waals surface area contributed by atoms with Crippen LogP contribution in [0.2, 0.25) is 0 Å². The van der Waals surface area contributed by atoms with E-state index in [0.717, 1.165) is 11.4 Å². The number of aromatic amines is 1. The van der Waals surface area contributed by atoms with E-state index in [-0.39, 0.29) is 11.7 Å². The molecule has 3 rings (SSSR count). The molecule has 1 amide bonds. The molecule has 0 aromatic carbocycles. The molecule has 3 heterocycles. The van der Waals surface area contributed by atoms with E-state index in [1.165, 1.54) is 0 Å². The van der Waals surface area contributed by atoms with Crippen molar-refractivity contribution >= 4 is 11.6 Å². The maximum Gasteiger partial charge on any atom is 0.291 e. The smallest absolute Gasteiger partial charge is 0.291 e. The molecule has 0 aliphatic carbocycles. The van der Waals surface area contributed by atoms with Crippen LogP contribution in [0.25, 0.3) is 0 Å². The zero-order valence-corrected chi connectivity index (χ0v) is 11.8. The third-order valence-electron chi connectivity index (χ3n) is 3.13. The van der Waals surface area contributed by atoms with Crippen molar-refractivity contribution in [3.63, 3.8) is 0 Å².